The first-order chi connectivity index (χ1) is 6.40. The Kier molecular flexibility index (Phi) is 2.40. The smallest absolute Gasteiger partial charge is 0.316 e. The molecule has 0 radical (unpaired) electrons. The third kappa shape index (κ3) is 1.78. The van der Waals surface area contributed by atoms with E-state index >= 15 is 0 Å². The molecule has 4 heteroatoms. The summed E-state index contributed by atoms with van der Waals surface area (Å²) in [6, 6.07) is 0.440. The van der Waals surface area contributed by atoms with Crippen molar-refractivity contribution in [2.24, 2.45) is 0 Å². The van der Waals surface area contributed by atoms with Gasteiger partial charge < -0.3 is 10.1 Å². The molecular weight excluding hydrogens is 166 g/mol. The number of hydrogen-bond acceptors (Lipinski definition) is 4. The van der Waals surface area contributed by atoms with Crippen LogP contribution < -0.4 is 10.1 Å². The standard InChI is InChI=1S/C9H13N3O/c1-13-9-11-5-8(6-12-9)7-2-3-10-4-7/h5-7,10H,2-4H2,1H3. The largest absolute Gasteiger partial charge is 0.467 e. The molecule has 1 aliphatic heterocycles. The van der Waals surface area contributed by atoms with Gasteiger partial charge in [-0.05, 0) is 18.5 Å². The van der Waals surface area contributed by atoms with E-state index in [2.05, 4.69) is 15.3 Å². The van der Waals surface area contributed by atoms with Crippen molar-refractivity contribution in [3.8, 4) is 6.01 Å². The second-order valence-corrected chi connectivity index (χ2v) is 3.19. The molecule has 4 nitrogen and oxygen atoms in total. The number of ether oxygens (including phenoxy) is 1. The molecule has 0 spiro atoms. The summed E-state index contributed by atoms with van der Waals surface area (Å²) >= 11 is 0. The van der Waals surface area contributed by atoms with Gasteiger partial charge in [0.15, 0.2) is 0 Å². The lowest BCUT2D eigenvalue weighted by molar-refractivity contribution is 0.379. The first-order valence-electron chi connectivity index (χ1n) is 4.47. The summed E-state index contributed by atoms with van der Waals surface area (Å²) in [5.74, 6) is 0.575. The molecule has 0 aliphatic carbocycles. The van der Waals surface area contributed by atoms with Crippen molar-refractivity contribution in [3.63, 3.8) is 0 Å². The van der Waals surface area contributed by atoms with E-state index in [1.165, 1.54) is 12.0 Å². The van der Waals surface area contributed by atoms with Crippen LogP contribution in [0.1, 0.15) is 17.9 Å². The molecule has 1 fully saturated rings. The molecule has 0 amide bonds. The molecule has 1 aromatic heterocycles. The van der Waals surface area contributed by atoms with E-state index in [-0.39, 0.29) is 0 Å². The molecule has 1 saturated heterocycles. The Morgan fingerprint density at radius 2 is 2.23 bits per heavy atom. The Bertz CT molecular complexity index is 267. The summed E-state index contributed by atoms with van der Waals surface area (Å²) in [6.45, 7) is 2.13. The first-order valence-corrected chi connectivity index (χ1v) is 4.47. The number of nitrogens with zero attached hydrogens (tertiary/aromatic N) is 2. The highest BCUT2D eigenvalue weighted by Gasteiger charge is 2.16. The fourth-order valence-corrected chi connectivity index (χ4v) is 1.58. The second-order valence-electron chi connectivity index (χ2n) is 3.19. The lowest BCUT2D eigenvalue weighted by atomic mass is 10.0. The van der Waals surface area contributed by atoms with E-state index in [0.29, 0.717) is 11.9 Å². The fraction of sp³-hybridized carbons (Fsp3) is 0.556. The van der Waals surface area contributed by atoms with Crippen LogP contribution in [0, 0.1) is 0 Å². The molecule has 1 unspecified atom stereocenters. The molecule has 1 N–H and O–H groups in total. The van der Waals surface area contributed by atoms with Gasteiger partial charge in [0.2, 0.25) is 0 Å². The number of rotatable bonds is 2. The van der Waals surface area contributed by atoms with Crippen LogP contribution in [-0.2, 0) is 0 Å². The van der Waals surface area contributed by atoms with Gasteiger partial charge in [-0.3, -0.25) is 0 Å². The monoisotopic (exact) mass is 179 g/mol. The molecule has 0 bridgehead atoms. The van der Waals surface area contributed by atoms with Gasteiger partial charge in [-0.15, -0.1) is 0 Å². The van der Waals surface area contributed by atoms with E-state index in [1.54, 1.807) is 7.11 Å². The predicted molar refractivity (Wildman–Crippen MR) is 48.8 cm³/mol. The van der Waals surface area contributed by atoms with Crippen molar-refractivity contribution in [2.45, 2.75) is 12.3 Å². The van der Waals surface area contributed by atoms with E-state index in [9.17, 15) is 0 Å². The number of aromatic nitrogens is 2. The molecule has 13 heavy (non-hydrogen) atoms. The molecule has 1 aliphatic rings. The number of nitrogens with one attached hydrogen (secondary N) is 1. The molecule has 1 atom stereocenters. The summed E-state index contributed by atoms with van der Waals surface area (Å²) in [6.07, 6.45) is 4.88. The van der Waals surface area contributed by atoms with Crippen LogP contribution in [0.3, 0.4) is 0 Å². The van der Waals surface area contributed by atoms with Crippen molar-refractivity contribution in [3.05, 3.63) is 18.0 Å². The fourth-order valence-electron chi connectivity index (χ4n) is 1.58. The van der Waals surface area contributed by atoms with E-state index < -0.39 is 0 Å². The normalized spacial score (nSPS) is 21.8. The molecular formula is C9H13N3O. The minimum absolute atomic E-state index is 0.440. The SMILES string of the molecule is COc1ncc(C2CCNC2)cn1. The maximum absolute atomic E-state index is 4.89. The molecule has 0 aromatic carbocycles. The number of methoxy groups -OCH3 is 1. The zero-order chi connectivity index (χ0) is 9.10. The van der Waals surface area contributed by atoms with Crippen molar-refractivity contribution >= 4 is 0 Å². The Morgan fingerprint density at radius 1 is 1.46 bits per heavy atom. The van der Waals surface area contributed by atoms with Gasteiger partial charge in [0, 0.05) is 24.9 Å². The van der Waals surface area contributed by atoms with E-state index in [0.717, 1.165) is 13.1 Å². The van der Waals surface area contributed by atoms with Crippen molar-refractivity contribution < 1.29 is 4.74 Å². The molecule has 70 valence electrons. The third-order valence-electron chi connectivity index (χ3n) is 2.36. The van der Waals surface area contributed by atoms with Crippen LogP contribution >= 0.6 is 0 Å². The average molecular weight is 179 g/mol. The highest BCUT2D eigenvalue weighted by atomic mass is 16.5. The summed E-state index contributed by atoms with van der Waals surface area (Å²) in [4.78, 5) is 8.16. The van der Waals surface area contributed by atoms with Gasteiger partial charge in [-0.2, -0.15) is 0 Å². The van der Waals surface area contributed by atoms with Crippen LogP contribution in [0.4, 0.5) is 0 Å². The maximum Gasteiger partial charge on any atom is 0.316 e. The van der Waals surface area contributed by atoms with Crippen LogP contribution in [0.2, 0.25) is 0 Å². The zero-order valence-corrected chi connectivity index (χ0v) is 7.66. The van der Waals surface area contributed by atoms with E-state index in [1.807, 2.05) is 12.4 Å². The highest BCUT2D eigenvalue weighted by Crippen LogP contribution is 2.21. The summed E-state index contributed by atoms with van der Waals surface area (Å²) in [5.41, 5.74) is 1.20. The lowest BCUT2D eigenvalue weighted by Crippen LogP contribution is -2.08. The topological polar surface area (TPSA) is 47.0 Å². The van der Waals surface area contributed by atoms with Crippen LogP contribution in [0.15, 0.2) is 12.4 Å². The average Bonchev–Trinajstić information content (AvgIpc) is 2.71. The minimum atomic E-state index is 0.440. The van der Waals surface area contributed by atoms with Gasteiger partial charge in [0.25, 0.3) is 0 Å². The zero-order valence-electron chi connectivity index (χ0n) is 7.66. The van der Waals surface area contributed by atoms with Crippen LogP contribution in [0.5, 0.6) is 6.01 Å². The quantitative estimate of drug-likeness (QED) is 0.720. The molecule has 2 rings (SSSR count). The minimum Gasteiger partial charge on any atom is -0.467 e. The summed E-state index contributed by atoms with van der Waals surface area (Å²) in [5, 5.41) is 3.31. The summed E-state index contributed by atoms with van der Waals surface area (Å²) in [7, 11) is 1.58. The first kappa shape index (κ1) is 8.44. The molecule has 0 saturated carbocycles. The predicted octanol–water partition coefficient (Wildman–Crippen LogP) is 0.562. The van der Waals surface area contributed by atoms with Gasteiger partial charge in [0.1, 0.15) is 0 Å². The van der Waals surface area contributed by atoms with Gasteiger partial charge in [-0.25, -0.2) is 9.97 Å². The third-order valence-corrected chi connectivity index (χ3v) is 2.36. The molecule has 2 heterocycles. The molecule has 1 aromatic rings. The van der Waals surface area contributed by atoms with Crippen molar-refractivity contribution in [2.75, 3.05) is 20.2 Å². The maximum atomic E-state index is 4.89. The van der Waals surface area contributed by atoms with Crippen LogP contribution in [0.25, 0.3) is 0 Å². The van der Waals surface area contributed by atoms with Crippen molar-refractivity contribution in [1.29, 1.82) is 0 Å². The van der Waals surface area contributed by atoms with Crippen molar-refractivity contribution in [1.82, 2.24) is 15.3 Å². The second kappa shape index (κ2) is 3.70. The number of hydrogen-bond donors (Lipinski definition) is 1. The Labute approximate surface area is 77.4 Å². The summed E-state index contributed by atoms with van der Waals surface area (Å²) < 4.78 is 4.89. The van der Waals surface area contributed by atoms with Gasteiger partial charge >= 0.3 is 6.01 Å². The Balaban J connectivity index is 2.12. The van der Waals surface area contributed by atoms with E-state index in [4.69, 9.17) is 4.74 Å². The lowest BCUT2D eigenvalue weighted by Gasteiger charge is -2.07. The van der Waals surface area contributed by atoms with Gasteiger partial charge in [-0.1, -0.05) is 0 Å². The Hall–Kier alpha value is -1.16. The Morgan fingerprint density at radius 3 is 2.77 bits per heavy atom. The van der Waals surface area contributed by atoms with Gasteiger partial charge in [0.05, 0.1) is 7.11 Å². The van der Waals surface area contributed by atoms with Crippen LogP contribution in [-0.4, -0.2) is 30.2 Å². The highest BCUT2D eigenvalue weighted by molar-refractivity contribution is 5.15.